The first-order chi connectivity index (χ1) is 14.6. The van der Waals surface area contributed by atoms with E-state index in [9.17, 15) is 4.79 Å². The molecule has 0 atom stereocenters. The van der Waals surface area contributed by atoms with Crippen LogP contribution in [0.5, 0.6) is 5.75 Å². The normalized spacial score (nSPS) is 10.7. The van der Waals surface area contributed by atoms with Crippen molar-refractivity contribution in [3.05, 3.63) is 93.8 Å². The van der Waals surface area contributed by atoms with Crippen LogP contribution in [0.3, 0.4) is 0 Å². The Kier molecular flexibility index (Phi) is 6.15. The highest BCUT2D eigenvalue weighted by Crippen LogP contribution is 2.27. The summed E-state index contributed by atoms with van der Waals surface area (Å²) < 4.78 is 9.79. The van der Waals surface area contributed by atoms with Crippen molar-refractivity contribution in [1.29, 1.82) is 0 Å². The van der Waals surface area contributed by atoms with Crippen molar-refractivity contribution in [1.82, 2.24) is 19.6 Å². The molecule has 0 radical (unpaired) electrons. The third kappa shape index (κ3) is 5.08. The fourth-order valence-corrected chi connectivity index (χ4v) is 3.48. The summed E-state index contributed by atoms with van der Waals surface area (Å²) in [6.07, 6.45) is 3.48. The average molecular weight is 487 g/mol. The lowest BCUT2D eigenvalue weighted by Gasteiger charge is -2.08. The van der Waals surface area contributed by atoms with Gasteiger partial charge in [-0.2, -0.15) is 10.2 Å². The lowest BCUT2D eigenvalue weighted by Crippen LogP contribution is -2.15. The van der Waals surface area contributed by atoms with Crippen molar-refractivity contribution in [3.63, 3.8) is 0 Å². The fraction of sp³-hybridized carbons (Fsp3) is 0.0952. The summed E-state index contributed by atoms with van der Waals surface area (Å²) in [5.41, 5.74) is 1.39. The lowest BCUT2D eigenvalue weighted by molar-refractivity contribution is 0.101. The van der Waals surface area contributed by atoms with Gasteiger partial charge in [0.1, 0.15) is 5.75 Å². The summed E-state index contributed by atoms with van der Waals surface area (Å²) in [5, 5.41) is 11.9. The van der Waals surface area contributed by atoms with Crippen LogP contribution in [0.1, 0.15) is 16.1 Å². The van der Waals surface area contributed by atoms with E-state index in [0.29, 0.717) is 23.1 Å². The molecule has 0 aliphatic rings. The molecule has 0 unspecified atom stereocenters. The summed E-state index contributed by atoms with van der Waals surface area (Å²) in [4.78, 5) is 12.5. The number of aromatic nitrogens is 4. The number of hydrogen-bond donors (Lipinski definition) is 1. The molecule has 1 amide bonds. The maximum Gasteiger partial charge on any atom is 0.277 e. The van der Waals surface area contributed by atoms with Crippen LogP contribution >= 0.6 is 27.5 Å². The second-order valence-electron chi connectivity index (χ2n) is 6.43. The van der Waals surface area contributed by atoms with Gasteiger partial charge in [-0.25, -0.2) is 4.68 Å². The van der Waals surface area contributed by atoms with E-state index < -0.39 is 0 Å². The Labute approximate surface area is 186 Å². The standard InChI is InChI=1S/C21H17BrClN5O2/c22-16-6-7-19(17(23)12-16)30-14-28-10-8-18(25-28)21(29)24-20-9-11-27(26-20)13-15-4-2-1-3-5-15/h1-12H,13-14H2,(H,24,26,29). The number of hydrogen-bond acceptors (Lipinski definition) is 4. The SMILES string of the molecule is O=C(Nc1ccn(Cc2ccccc2)n1)c1ccn(COc2ccc(Br)cc2Cl)n1. The van der Waals surface area contributed by atoms with E-state index in [1.165, 1.54) is 4.68 Å². The van der Waals surface area contributed by atoms with E-state index in [1.807, 2.05) is 42.6 Å². The van der Waals surface area contributed by atoms with Crippen molar-refractivity contribution >= 4 is 39.3 Å². The number of ether oxygens (including phenoxy) is 1. The molecule has 0 saturated carbocycles. The topological polar surface area (TPSA) is 74.0 Å². The van der Waals surface area contributed by atoms with Gasteiger partial charge in [-0.3, -0.25) is 9.48 Å². The first kappa shape index (κ1) is 20.2. The van der Waals surface area contributed by atoms with E-state index >= 15 is 0 Å². The number of carbonyl (C=O) groups is 1. The Morgan fingerprint density at radius 3 is 2.63 bits per heavy atom. The summed E-state index contributed by atoms with van der Waals surface area (Å²) in [6, 6.07) is 18.7. The van der Waals surface area contributed by atoms with Crippen LogP contribution in [0, 0.1) is 0 Å². The van der Waals surface area contributed by atoms with E-state index in [4.69, 9.17) is 16.3 Å². The second kappa shape index (κ2) is 9.15. The van der Waals surface area contributed by atoms with E-state index in [1.54, 1.807) is 35.1 Å². The molecule has 2 aromatic heterocycles. The molecule has 0 fully saturated rings. The van der Waals surface area contributed by atoms with Crippen LogP contribution < -0.4 is 10.1 Å². The number of anilines is 1. The lowest BCUT2D eigenvalue weighted by atomic mass is 10.2. The molecule has 1 N–H and O–H groups in total. The third-order valence-electron chi connectivity index (χ3n) is 4.19. The zero-order chi connectivity index (χ0) is 20.9. The van der Waals surface area contributed by atoms with E-state index in [0.717, 1.165) is 10.0 Å². The predicted molar refractivity (Wildman–Crippen MR) is 118 cm³/mol. The van der Waals surface area contributed by atoms with Crippen LogP contribution in [0.25, 0.3) is 0 Å². The molecule has 4 aromatic rings. The van der Waals surface area contributed by atoms with Gasteiger partial charge >= 0.3 is 0 Å². The highest BCUT2D eigenvalue weighted by atomic mass is 79.9. The Hall–Kier alpha value is -3.10. The number of halogens is 2. The predicted octanol–water partition coefficient (Wildman–Crippen LogP) is 4.83. The Morgan fingerprint density at radius 2 is 1.83 bits per heavy atom. The quantitative estimate of drug-likeness (QED) is 0.406. The summed E-state index contributed by atoms with van der Waals surface area (Å²) >= 11 is 9.48. The van der Waals surface area contributed by atoms with Crippen LogP contribution in [0.2, 0.25) is 5.02 Å². The Balaban J connectivity index is 1.34. The van der Waals surface area contributed by atoms with Gasteiger partial charge in [-0.1, -0.05) is 57.9 Å². The van der Waals surface area contributed by atoms with Gasteiger partial charge in [-0.05, 0) is 29.8 Å². The second-order valence-corrected chi connectivity index (χ2v) is 7.75. The maximum absolute atomic E-state index is 12.5. The van der Waals surface area contributed by atoms with Gasteiger partial charge in [-0.15, -0.1) is 0 Å². The molecule has 7 nitrogen and oxygen atoms in total. The number of nitrogens with zero attached hydrogens (tertiary/aromatic N) is 4. The zero-order valence-electron chi connectivity index (χ0n) is 15.7. The molecule has 0 saturated heterocycles. The van der Waals surface area contributed by atoms with Crippen molar-refractivity contribution in [2.75, 3.05) is 5.32 Å². The highest BCUT2D eigenvalue weighted by molar-refractivity contribution is 9.10. The zero-order valence-corrected chi connectivity index (χ0v) is 18.0. The number of amides is 1. The molecule has 0 spiro atoms. The molecule has 2 heterocycles. The van der Waals surface area contributed by atoms with Gasteiger partial charge in [0.15, 0.2) is 18.2 Å². The molecule has 0 bridgehead atoms. The van der Waals surface area contributed by atoms with Crippen molar-refractivity contribution < 1.29 is 9.53 Å². The number of rotatable bonds is 7. The molecular formula is C21H17BrClN5O2. The molecule has 0 aliphatic carbocycles. The minimum absolute atomic E-state index is 0.125. The van der Waals surface area contributed by atoms with Crippen molar-refractivity contribution in [2.45, 2.75) is 13.3 Å². The van der Waals surface area contributed by atoms with Crippen molar-refractivity contribution in [3.8, 4) is 5.75 Å². The first-order valence-corrected chi connectivity index (χ1v) is 10.2. The van der Waals surface area contributed by atoms with E-state index in [2.05, 4.69) is 31.4 Å². The minimum atomic E-state index is -0.347. The number of carbonyl (C=O) groups excluding carboxylic acids is 1. The van der Waals surface area contributed by atoms with Gasteiger partial charge in [0.05, 0.1) is 11.6 Å². The molecule has 0 aliphatic heterocycles. The Morgan fingerprint density at radius 1 is 1.03 bits per heavy atom. The minimum Gasteiger partial charge on any atom is -0.470 e. The van der Waals surface area contributed by atoms with Crippen LogP contribution in [0.15, 0.2) is 77.5 Å². The summed E-state index contributed by atoms with van der Waals surface area (Å²) in [5.74, 6) is 0.647. The molecular weight excluding hydrogens is 470 g/mol. The van der Waals surface area contributed by atoms with Gasteiger partial charge in [0.2, 0.25) is 0 Å². The molecule has 2 aromatic carbocycles. The molecule has 30 heavy (non-hydrogen) atoms. The number of nitrogens with one attached hydrogen (secondary N) is 1. The largest absolute Gasteiger partial charge is 0.470 e. The Bertz CT molecular complexity index is 1160. The van der Waals surface area contributed by atoms with Crippen LogP contribution in [0.4, 0.5) is 5.82 Å². The van der Waals surface area contributed by atoms with Crippen molar-refractivity contribution in [2.24, 2.45) is 0 Å². The van der Waals surface area contributed by atoms with Crippen LogP contribution in [-0.2, 0) is 13.3 Å². The fourth-order valence-electron chi connectivity index (χ4n) is 2.75. The maximum atomic E-state index is 12.5. The molecule has 4 rings (SSSR count). The van der Waals surface area contributed by atoms with Gasteiger partial charge in [0.25, 0.3) is 5.91 Å². The molecule has 9 heteroatoms. The monoisotopic (exact) mass is 485 g/mol. The first-order valence-electron chi connectivity index (χ1n) is 9.07. The van der Waals surface area contributed by atoms with Gasteiger partial charge < -0.3 is 10.1 Å². The smallest absolute Gasteiger partial charge is 0.277 e. The molecule has 152 valence electrons. The summed E-state index contributed by atoms with van der Waals surface area (Å²) in [6.45, 7) is 0.752. The van der Waals surface area contributed by atoms with E-state index in [-0.39, 0.29) is 18.3 Å². The highest BCUT2D eigenvalue weighted by Gasteiger charge is 2.12. The summed E-state index contributed by atoms with van der Waals surface area (Å²) in [7, 11) is 0. The number of benzene rings is 2. The average Bonchev–Trinajstić information content (AvgIpc) is 3.38. The van der Waals surface area contributed by atoms with Gasteiger partial charge in [0, 0.05) is 22.9 Å². The van der Waals surface area contributed by atoms with Crippen LogP contribution in [-0.4, -0.2) is 25.5 Å². The third-order valence-corrected chi connectivity index (χ3v) is 4.98.